The van der Waals surface area contributed by atoms with Gasteiger partial charge < -0.3 is 15.2 Å². The van der Waals surface area contributed by atoms with Crippen LogP contribution in [0, 0.1) is 6.92 Å². The molecule has 1 amide bonds. The van der Waals surface area contributed by atoms with E-state index in [4.69, 9.17) is 9.84 Å². The zero-order valence-electron chi connectivity index (χ0n) is 13.8. The number of rotatable bonds is 6. The van der Waals surface area contributed by atoms with Crippen LogP contribution in [0.1, 0.15) is 36.5 Å². The lowest BCUT2D eigenvalue weighted by Gasteiger charge is -2.11. The number of carbonyl (C=O) groups excluding carboxylic acids is 1. The molecule has 0 spiro atoms. The normalized spacial score (nSPS) is 10.7. The van der Waals surface area contributed by atoms with Crippen molar-refractivity contribution in [3.8, 4) is 5.75 Å². The number of ether oxygens (including phenoxy) is 1. The number of hydrogen-bond acceptors (Lipinski definition) is 3. The molecule has 4 heteroatoms. The molecule has 0 saturated carbocycles. The minimum atomic E-state index is -0.226. The number of aryl methyl sites for hydroxylation is 1. The molecule has 0 aliphatic heterocycles. The van der Waals surface area contributed by atoms with E-state index in [2.05, 4.69) is 19.2 Å². The summed E-state index contributed by atoms with van der Waals surface area (Å²) in [7, 11) is 0. The minimum absolute atomic E-state index is 0.0518. The van der Waals surface area contributed by atoms with Crippen molar-refractivity contribution in [2.75, 3.05) is 11.9 Å². The summed E-state index contributed by atoms with van der Waals surface area (Å²) in [5.41, 5.74) is 3.63. The predicted molar refractivity (Wildman–Crippen MR) is 91.8 cm³/mol. The van der Waals surface area contributed by atoms with Crippen LogP contribution < -0.4 is 10.1 Å². The van der Waals surface area contributed by atoms with Gasteiger partial charge in [0.1, 0.15) is 5.75 Å². The Kier molecular flexibility index (Phi) is 5.77. The molecule has 122 valence electrons. The summed E-state index contributed by atoms with van der Waals surface area (Å²) in [6.07, 6.45) is 0. The van der Waals surface area contributed by atoms with Crippen LogP contribution >= 0.6 is 0 Å². The molecule has 0 aliphatic rings. The molecule has 0 fully saturated rings. The first-order valence-corrected chi connectivity index (χ1v) is 7.72. The molecule has 4 nitrogen and oxygen atoms in total. The number of anilines is 1. The van der Waals surface area contributed by atoms with Crippen molar-refractivity contribution >= 4 is 11.6 Å². The number of aliphatic hydroxyl groups excluding tert-OH is 1. The molecule has 2 N–H and O–H groups in total. The third kappa shape index (κ3) is 4.83. The van der Waals surface area contributed by atoms with E-state index < -0.39 is 0 Å². The van der Waals surface area contributed by atoms with Gasteiger partial charge in [0.15, 0.2) is 6.61 Å². The molecule has 0 unspecified atom stereocenters. The van der Waals surface area contributed by atoms with Crippen molar-refractivity contribution in [2.24, 2.45) is 0 Å². The summed E-state index contributed by atoms with van der Waals surface area (Å²) in [5.74, 6) is 0.913. The van der Waals surface area contributed by atoms with Crippen LogP contribution in [-0.4, -0.2) is 17.6 Å². The Labute approximate surface area is 137 Å². The van der Waals surface area contributed by atoms with E-state index in [0.717, 1.165) is 11.1 Å². The fourth-order valence-electron chi connectivity index (χ4n) is 2.19. The second-order valence-electron chi connectivity index (χ2n) is 5.87. The first-order valence-electron chi connectivity index (χ1n) is 7.72. The highest BCUT2D eigenvalue weighted by Gasteiger charge is 2.07. The molecule has 0 atom stereocenters. The number of nitrogens with one attached hydrogen (secondary N) is 1. The maximum atomic E-state index is 12.0. The Bertz CT molecular complexity index is 663. The Morgan fingerprint density at radius 1 is 1.17 bits per heavy atom. The topological polar surface area (TPSA) is 58.6 Å². The van der Waals surface area contributed by atoms with Crippen LogP contribution in [0.4, 0.5) is 5.69 Å². The molecule has 2 aromatic rings. The SMILES string of the molecule is Cc1ccc(CO)cc1NC(=O)COc1ccc(C(C)C)cc1. The summed E-state index contributed by atoms with van der Waals surface area (Å²) in [4.78, 5) is 12.0. The van der Waals surface area contributed by atoms with Crippen molar-refractivity contribution in [1.29, 1.82) is 0 Å². The largest absolute Gasteiger partial charge is 0.484 e. The predicted octanol–water partition coefficient (Wildman–Crippen LogP) is 3.63. The lowest BCUT2D eigenvalue weighted by molar-refractivity contribution is -0.118. The summed E-state index contributed by atoms with van der Waals surface area (Å²) in [6, 6.07) is 13.2. The monoisotopic (exact) mass is 313 g/mol. The average Bonchev–Trinajstić information content (AvgIpc) is 2.55. The molecule has 2 rings (SSSR count). The summed E-state index contributed by atoms with van der Waals surface area (Å²) in [6.45, 7) is 6.06. The molecule has 23 heavy (non-hydrogen) atoms. The van der Waals surface area contributed by atoms with Crippen LogP contribution in [0.5, 0.6) is 5.75 Å². The highest BCUT2D eigenvalue weighted by molar-refractivity contribution is 5.92. The quantitative estimate of drug-likeness (QED) is 0.856. The van der Waals surface area contributed by atoms with Crippen LogP contribution in [0.25, 0.3) is 0 Å². The van der Waals surface area contributed by atoms with Gasteiger partial charge >= 0.3 is 0 Å². The van der Waals surface area contributed by atoms with Gasteiger partial charge in [0.25, 0.3) is 5.91 Å². The van der Waals surface area contributed by atoms with Gasteiger partial charge in [0.05, 0.1) is 6.61 Å². The van der Waals surface area contributed by atoms with Crippen LogP contribution in [-0.2, 0) is 11.4 Å². The highest BCUT2D eigenvalue weighted by Crippen LogP contribution is 2.19. The van der Waals surface area contributed by atoms with Gasteiger partial charge in [0, 0.05) is 5.69 Å². The van der Waals surface area contributed by atoms with Gasteiger partial charge in [-0.3, -0.25) is 4.79 Å². The third-order valence-electron chi connectivity index (χ3n) is 3.68. The van der Waals surface area contributed by atoms with E-state index in [1.165, 1.54) is 5.56 Å². The van der Waals surface area contributed by atoms with Crippen molar-refractivity contribution in [3.63, 3.8) is 0 Å². The Morgan fingerprint density at radius 2 is 1.87 bits per heavy atom. The van der Waals surface area contributed by atoms with Crippen molar-refractivity contribution < 1.29 is 14.6 Å². The number of carbonyl (C=O) groups is 1. The molecule has 0 saturated heterocycles. The maximum absolute atomic E-state index is 12.0. The third-order valence-corrected chi connectivity index (χ3v) is 3.68. The number of amides is 1. The van der Waals surface area contributed by atoms with E-state index >= 15 is 0 Å². The van der Waals surface area contributed by atoms with E-state index in [0.29, 0.717) is 17.4 Å². The van der Waals surface area contributed by atoms with Crippen LogP contribution in [0.2, 0.25) is 0 Å². The zero-order chi connectivity index (χ0) is 16.8. The molecule has 0 bridgehead atoms. The number of aliphatic hydroxyl groups is 1. The van der Waals surface area contributed by atoms with E-state index in [1.54, 1.807) is 6.07 Å². The van der Waals surface area contributed by atoms with E-state index in [1.807, 2.05) is 43.3 Å². The Morgan fingerprint density at radius 3 is 2.48 bits per heavy atom. The lowest BCUT2D eigenvalue weighted by atomic mass is 10.0. The second kappa shape index (κ2) is 7.79. The summed E-state index contributed by atoms with van der Waals surface area (Å²) >= 11 is 0. The standard InChI is InChI=1S/C19H23NO3/c1-13(2)16-6-8-17(9-7-16)23-12-19(22)20-18-10-15(11-21)5-4-14(18)3/h4-10,13,21H,11-12H2,1-3H3,(H,20,22). The van der Waals surface area contributed by atoms with Gasteiger partial charge in [-0.15, -0.1) is 0 Å². The fourth-order valence-corrected chi connectivity index (χ4v) is 2.19. The van der Waals surface area contributed by atoms with Crippen LogP contribution in [0.3, 0.4) is 0 Å². The van der Waals surface area contributed by atoms with Crippen molar-refractivity contribution in [2.45, 2.75) is 33.3 Å². The zero-order valence-corrected chi connectivity index (χ0v) is 13.8. The van der Waals surface area contributed by atoms with Crippen molar-refractivity contribution in [1.82, 2.24) is 0 Å². The van der Waals surface area contributed by atoms with E-state index in [-0.39, 0.29) is 19.1 Å². The van der Waals surface area contributed by atoms with Gasteiger partial charge in [-0.25, -0.2) is 0 Å². The Hall–Kier alpha value is -2.33. The molecule has 0 heterocycles. The lowest BCUT2D eigenvalue weighted by Crippen LogP contribution is -2.20. The first-order chi connectivity index (χ1) is 11.0. The molecular weight excluding hydrogens is 290 g/mol. The summed E-state index contributed by atoms with van der Waals surface area (Å²) in [5, 5.41) is 12.0. The smallest absolute Gasteiger partial charge is 0.262 e. The fraction of sp³-hybridized carbons (Fsp3) is 0.316. The molecular formula is C19H23NO3. The van der Waals surface area contributed by atoms with Crippen molar-refractivity contribution in [3.05, 3.63) is 59.2 Å². The molecule has 0 radical (unpaired) electrons. The minimum Gasteiger partial charge on any atom is -0.484 e. The van der Waals surface area contributed by atoms with E-state index in [9.17, 15) is 4.79 Å². The number of benzene rings is 2. The molecule has 0 aliphatic carbocycles. The van der Waals surface area contributed by atoms with Gasteiger partial charge in [0.2, 0.25) is 0 Å². The Balaban J connectivity index is 1.92. The van der Waals surface area contributed by atoms with Crippen LogP contribution in [0.15, 0.2) is 42.5 Å². The second-order valence-corrected chi connectivity index (χ2v) is 5.87. The average molecular weight is 313 g/mol. The molecule has 0 aromatic heterocycles. The van der Waals surface area contributed by atoms with Gasteiger partial charge in [-0.1, -0.05) is 38.1 Å². The van der Waals surface area contributed by atoms with Gasteiger partial charge in [-0.05, 0) is 47.7 Å². The number of hydrogen-bond donors (Lipinski definition) is 2. The molecule has 2 aromatic carbocycles. The highest BCUT2D eigenvalue weighted by atomic mass is 16.5. The first kappa shape index (κ1) is 17.0. The maximum Gasteiger partial charge on any atom is 0.262 e. The summed E-state index contributed by atoms with van der Waals surface area (Å²) < 4.78 is 5.51. The van der Waals surface area contributed by atoms with Gasteiger partial charge in [-0.2, -0.15) is 0 Å².